The Balaban J connectivity index is 2.42. The van der Waals surface area contributed by atoms with E-state index < -0.39 is 23.8 Å². The summed E-state index contributed by atoms with van der Waals surface area (Å²) in [7, 11) is 0. The average molecular weight is 259 g/mol. The lowest BCUT2D eigenvalue weighted by molar-refractivity contribution is -0.147. The molecule has 0 aromatic heterocycles. The van der Waals surface area contributed by atoms with Crippen molar-refractivity contribution >= 4 is 17.8 Å². The highest BCUT2D eigenvalue weighted by atomic mass is 16.4. The molecule has 0 saturated heterocycles. The molecule has 1 heterocycles. The maximum atomic E-state index is 12.3. The maximum Gasteiger partial charge on any atom is 0.327 e. The van der Waals surface area contributed by atoms with Crippen molar-refractivity contribution in [2.24, 2.45) is 0 Å². The maximum absolute atomic E-state index is 12.3. The summed E-state index contributed by atoms with van der Waals surface area (Å²) in [4.78, 5) is 36.3. The number of aliphatic carboxylic acids is 1. The van der Waals surface area contributed by atoms with E-state index in [1.54, 1.807) is 24.3 Å². The van der Waals surface area contributed by atoms with Crippen LogP contribution in [0, 0.1) is 0 Å². The molecule has 5 heteroatoms. The molecule has 0 radical (unpaired) electrons. The zero-order valence-electron chi connectivity index (χ0n) is 10.2. The van der Waals surface area contributed by atoms with E-state index in [9.17, 15) is 14.4 Å². The second kappa shape index (κ2) is 5.06. The third kappa shape index (κ3) is 2.27. The van der Waals surface area contributed by atoms with Gasteiger partial charge in [0.15, 0.2) is 0 Å². The van der Waals surface area contributed by atoms with Crippen LogP contribution in [0.3, 0.4) is 0 Å². The van der Waals surface area contributed by atoms with E-state index in [1.165, 1.54) is 6.08 Å². The largest absolute Gasteiger partial charge is 0.480 e. The molecule has 5 nitrogen and oxygen atoms in total. The highest BCUT2D eigenvalue weighted by Crippen LogP contribution is 2.22. The molecular weight excluding hydrogens is 246 g/mol. The van der Waals surface area contributed by atoms with E-state index in [2.05, 4.69) is 6.58 Å². The van der Waals surface area contributed by atoms with Gasteiger partial charge in [0.05, 0.1) is 6.42 Å². The van der Waals surface area contributed by atoms with Crippen LogP contribution in [0.25, 0.3) is 0 Å². The number of benzene rings is 1. The second-order valence-corrected chi connectivity index (χ2v) is 4.28. The van der Waals surface area contributed by atoms with E-state index in [4.69, 9.17) is 5.11 Å². The number of carboxylic acid groups (broad SMARTS) is 1. The number of carbonyl (C=O) groups is 3. The summed E-state index contributed by atoms with van der Waals surface area (Å²) < 4.78 is 0. The molecule has 1 aliphatic rings. The molecule has 1 unspecified atom stereocenters. The Morgan fingerprint density at radius 3 is 2.74 bits per heavy atom. The van der Waals surface area contributed by atoms with Crippen LogP contribution in [0.4, 0.5) is 0 Å². The van der Waals surface area contributed by atoms with Gasteiger partial charge in [0.2, 0.25) is 5.91 Å². The van der Waals surface area contributed by atoms with Crippen molar-refractivity contribution in [3.05, 3.63) is 48.0 Å². The van der Waals surface area contributed by atoms with Crippen molar-refractivity contribution in [1.29, 1.82) is 0 Å². The Kier molecular flexibility index (Phi) is 3.46. The van der Waals surface area contributed by atoms with Crippen LogP contribution in [-0.4, -0.2) is 33.8 Å². The van der Waals surface area contributed by atoms with E-state index in [-0.39, 0.29) is 12.8 Å². The molecule has 19 heavy (non-hydrogen) atoms. The van der Waals surface area contributed by atoms with Crippen LogP contribution in [0.2, 0.25) is 0 Å². The number of imide groups is 1. The molecule has 0 saturated carbocycles. The zero-order chi connectivity index (χ0) is 14.0. The van der Waals surface area contributed by atoms with E-state index in [0.717, 1.165) is 4.90 Å². The number of carbonyl (C=O) groups excluding carboxylic acids is 2. The first-order valence-corrected chi connectivity index (χ1v) is 5.84. The number of hydrogen-bond acceptors (Lipinski definition) is 3. The van der Waals surface area contributed by atoms with Gasteiger partial charge < -0.3 is 5.11 Å². The Labute approximate surface area is 110 Å². The van der Waals surface area contributed by atoms with Crippen LogP contribution in [0.15, 0.2) is 36.9 Å². The Bertz CT molecular complexity index is 564. The minimum atomic E-state index is -1.21. The monoisotopic (exact) mass is 259 g/mol. The predicted molar refractivity (Wildman–Crippen MR) is 67.6 cm³/mol. The van der Waals surface area contributed by atoms with Gasteiger partial charge in [-0.3, -0.25) is 14.5 Å². The molecule has 2 rings (SSSR count). The van der Waals surface area contributed by atoms with Gasteiger partial charge in [0.25, 0.3) is 5.91 Å². The van der Waals surface area contributed by atoms with E-state index in [1.807, 2.05) is 0 Å². The molecule has 0 aliphatic carbocycles. The summed E-state index contributed by atoms with van der Waals surface area (Å²) in [5.41, 5.74) is 1.02. The topological polar surface area (TPSA) is 74.7 Å². The van der Waals surface area contributed by atoms with Gasteiger partial charge in [0, 0.05) is 5.56 Å². The smallest absolute Gasteiger partial charge is 0.327 e. The van der Waals surface area contributed by atoms with Crippen molar-refractivity contribution in [1.82, 2.24) is 4.90 Å². The van der Waals surface area contributed by atoms with E-state index in [0.29, 0.717) is 11.1 Å². The van der Waals surface area contributed by atoms with Gasteiger partial charge in [-0.1, -0.05) is 24.3 Å². The zero-order valence-corrected chi connectivity index (χ0v) is 10.2. The Hall–Kier alpha value is -2.43. The first kappa shape index (κ1) is 13.0. The minimum absolute atomic E-state index is 0.0367. The molecule has 0 fully saturated rings. The Morgan fingerprint density at radius 2 is 2.11 bits per heavy atom. The number of fused-ring (bicyclic) bond motifs is 1. The lowest BCUT2D eigenvalue weighted by Crippen LogP contribution is -2.51. The van der Waals surface area contributed by atoms with Crippen LogP contribution in [0.5, 0.6) is 0 Å². The first-order chi connectivity index (χ1) is 9.06. The van der Waals surface area contributed by atoms with Gasteiger partial charge in [-0.05, 0) is 18.1 Å². The molecule has 98 valence electrons. The van der Waals surface area contributed by atoms with Crippen molar-refractivity contribution in [2.45, 2.75) is 18.9 Å². The molecular formula is C14H13NO4. The summed E-state index contributed by atoms with van der Waals surface area (Å²) in [5, 5.41) is 9.15. The van der Waals surface area contributed by atoms with Gasteiger partial charge in [-0.25, -0.2) is 4.79 Å². The standard InChI is InChI=1S/C14H13NO4/c1-2-5-11(14(18)19)15-12(16)8-9-6-3-4-7-10(9)13(15)17/h2-4,6-7,11H,1,5,8H2,(H,18,19). The van der Waals surface area contributed by atoms with Crippen LogP contribution in [0.1, 0.15) is 22.3 Å². The van der Waals surface area contributed by atoms with Crippen molar-refractivity contribution in [2.75, 3.05) is 0 Å². The Morgan fingerprint density at radius 1 is 1.42 bits per heavy atom. The fourth-order valence-electron chi connectivity index (χ4n) is 2.16. The summed E-state index contributed by atoms with van der Waals surface area (Å²) in [6.45, 7) is 3.46. The fraction of sp³-hybridized carbons (Fsp3) is 0.214. The molecule has 1 aromatic rings. The van der Waals surface area contributed by atoms with Gasteiger partial charge >= 0.3 is 5.97 Å². The quantitative estimate of drug-likeness (QED) is 0.652. The first-order valence-electron chi connectivity index (χ1n) is 5.84. The third-order valence-electron chi connectivity index (χ3n) is 3.06. The van der Waals surface area contributed by atoms with Crippen molar-refractivity contribution in [3.8, 4) is 0 Å². The lowest BCUT2D eigenvalue weighted by Gasteiger charge is -2.30. The molecule has 1 N–H and O–H groups in total. The molecule has 1 aliphatic heterocycles. The van der Waals surface area contributed by atoms with E-state index >= 15 is 0 Å². The lowest BCUT2D eigenvalue weighted by atomic mass is 9.96. The van der Waals surface area contributed by atoms with Crippen molar-refractivity contribution < 1.29 is 19.5 Å². The predicted octanol–water partition coefficient (Wildman–Crippen LogP) is 1.24. The highest BCUT2D eigenvalue weighted by molar-refractivity contribution is 6.11. The SMILES string of the molecule is C=CCC(C(=O)O)N1C(=O)Cc2ccccc2C1=O. The summed E-state index contributed by atoms with van der Waals surface area (Å²) >= 11 is 0. The summed E-state index contributed by atoms with van der Waals surface area (Å²) in [5.74, 6) is -2.25. The highest BCUT2D eigenvalue weighted by Gasteiger charge is 2.38. The summed E-state index contributed by atoms with van der Waals surface area (Å²) in [6, 6.07) is 5.54. The van der Waals surface area contributed by atoms with Crippen molar-refractivity contribution in [3.63, 3.8) is 0 Å². The number of hydrogen-bond donors (Lipinski definition) is 1. The fourth-order valence-corrected chi connectivity index (χ4v) is 2.16. The van der Waals surface area contributed by atoms with Crippen LogP contribution < -0.4 is 0 Å². The average Bonchev–Trinajstić information content (AvgIpc) is 2.37. The van der Waals surface area contributed by atoms with Crippen LogP contribution >= 0.6 is 0 Å². The number of carboxylic acids is 1. The molecule has 1 aromatic carbocycles. The number of rotatable bonds is 4. The number of amides is 2. The second-order valence-electron chi connectivity index (χ2n) is 4.28. The minimum Gasteiger partial charge on any atom is -0.480 e. The molecule has 0 bridgehead atoms. The van der Waals surface area contributed by atoms with Gasteiger partial charge in [-0.15, -0.1) is 6.58 Å². The molecule has 1 atom stereocenters. The van der Waals surface area contributed by atoms with Gasteiger partial charge in [0.1, 0.15) is 6.04 Å². The summed E-state index contributed by atoms with van der Waals surface area (Å²) in [6.07, 6.45) is 1.47. The molecule has 2 amide bonds. The van der Waals surface area contributed by atoms with Crippen LogP contribution in [-0.2, 0) is 16.0 Å². The normalized spacial score (nSPS) is 15.9. The molecule has 0 spiro atoms. The number of nitrogens with zero attached hydrogens (tertiary/aromatic N) is 1. The van der Waals surface area contributed by atoms with Gasteiger partial charge in [-0.2, -0.15) is 0 Å². The third-order valence-corrected chi connectivity index (χ3v) is 3.06.